The van der Waals surface area contributed by atoms with Crippen LogP contribution in [-0.2, 0) is 6.42 Å². The van der Waals surface area contributed by atoms with Gasteiger partial charge in [0.2, 0.25) is 0 Å². The second-order valence-corrected chi connectivity index (χ2v) is 6.31. The number of carbonyl (C=O) groups is 1. The van der Waals surface area contributed by atoms with Crippen LogP contribution in [0.2, 0.25) is 0 Å². The summed E-state index contributed by atoms with van der Waals surface area (Å²) in [7, 11) is 0. The Morgan fingerprint density at radius 3 is 3.00 bits per heavy atom. The van der Waals surface area contributed by atoms with Crippen LogP contribution in [-0.4, -0.2) is 24.0 Å². The maximum absolute atomic E-state index is 12.3. The highest BCUT2D eigenvalue weighted by Gasteiger charge is 2.22. The van der Waals surface area contributed by atoms with Crippen molar-refractivity contribution in [2.75, 3.05) is 18.5 Å². The van der Waals surface area contributed by atoms with Gasteiger partial charge in [-0.2, -0.15) is 0 Å². The molecule has 6 heteroatoms. The molecular weight excluding hydrogens is 298 g/mol. The van der Waals surface area contributed by atoms with E-state index in [0.29, 0.717) is 42.6 Å². The number of anilines is 1. The summed E-state index contributed by atoms with van der Waals surface area (Å²) < 4.78 is 5.79. The number of nitrogens with zero attached hydrogens (tertiary/aromatic N) is 1. The number of amides is 1. The van der Waals surface area contributed by atoms with Gasteiger partial charge in [-0.1, -0.05) is 12.1 Å². The second kappa shape index (κ2) is 6.89. The summed E-state index contributed by atoms with van der Waals surface area (Å²) in [6.07, 6.45) is 3.16. The molecule has 0 radical (unpaired) electrons. The Kier molecular flexibility index (Phi) is 4.70. The van der Waals surface area contributed by atoms with Crippen LogP contribution >= 0.6 is 11.3 Å². The summed E-state index contributed by atoms with van der Waals surface area (Å²) in [5, 5.41) is 5.51. The Labute approximate surface area is 133 Å². The third-order valence-electron chi connectivity index (χ3n) is 3.45. The van der Waals surface area contributed by atoms with Crippen molar-refractivity contribution in [3.05, 3.63) is 40.3 Å². The van der Waals surface area contributed by atoms with E-state index in [1.54, 1.807) is 5.38 Å². The molecule has 116 valence electrons. The van der Waals surface area contributed by atoms with Crippen molar-refractivity contribution in [3.63, 3.8) is 0 Å². The molecule has 1 amide bonds. The van der Waals surface area contributed by atoms with E-state index in [2.05, 4.69) is 10.3 Å². The highest BCUT2D eigenvalue weighted by molar-refractivity contribution is 7.09. The van der Waals surface area contributed by atoms with E-state index in [4.69, 9.17) is 10.5 Å². The van der Waals surface area contributed by atoms with Crippen LogP contribution in [0.25, 0.3) is 0 Å². The second-order valence-electron chi connectivity index (χ2n) is 5.37. The molecule has 0 atom stereocenters. The van der Waals surface area contributed by atoms with Gasteiger partial charge in [0.05, 0.1) is 17.3 Å². The van der Waals surface area contributed by atoms with Crippen molar-refractivity contribution < 1.29 is 9.53 Å². The minimum absolute atomic E-state index is 0.220. The van der Waals surface area contributed by atoms with Gasteiger partial charge < -0.3 is 15.8 Å². The van der Waals surface area contributed by atoms with Gasteiger partial charge in [0.1, 0.15) is 11.4 Å². The molecule has 1 aliphatic carbocycles. The van der Waals surface area contributed by atoms with E-state index in [9.17, 15) is 4.79 Å². The van der Waals surface area contributed by atoms with E-state index in [1.807, 2.05) is 24.3 Å². The molecule has 1 aromatic heterocycles. The maximum atomic E-state index is 12.3. The number of para-hydroxylation sites is 2. The number of benzene rings is 1. The highest BCUT2D eigenvalue weighted by atomic mass is 32.1. The zero-order valence-electron chi connectivity index (χ0n) is 12.2. The zero-order chi connectivity index (χ0) is 15.4. The average Bonchev–Trinajstić information content (AvgIpc) is 3.24. The van der Waals surface area contributed by atoms with E-state index < -0.39 is 0 Å². The molecule has 3 rings (SSSR count). The molecule has 5 nitrogen and oxygen atoms in total. The largest absolute Gasteiger partial charge is 0.491 e. The molecular formula is C16H19N3O2S. The van der Waals surface area contributed by atoms with Crippen LogP contribution in [0.3, 0.4) is 0 Å². The van der Waals surface area contributed by atoms with E-state index >= 15 is 0 Å². The molecule has 0 aliphatic heterocycles. The smallest absolute Gasteiger partial charge is 0.275 e. The van der Waals surface area contributed by atoms with Crippen LogP contribution in [0.4, 0.5) is 5.69 Å². The lowest BCUT2D eigenvalue weighted by molar-refractivity contribution is 0.102. The summed E-state index contributed by atoms with van der Waals surface area (Å²) in [4.78, 5) is 16.6. The molecule has 0 bridgehead atoms. The summed E-state index contributed by atoms with van der Waals surface area (Å²) in [6.45, 7) is 1.25. The molecule has 1 aliphatic rings. The Bertz CT molecular complexity index is 652. The first-order chi connectivity index (χ1) is 10.8. The standard InChI is InChI=1S/C16H19N3O2S/c17-8-7-15-18-13(10-22-15)16(20)19-12-3-1-2-4-14(12)21-9-11-5-6-11/h1-4,10-11H,5-9,17H2,(H,19,20). The molecule has 0 saturated heterocycles. The Morgan fingerprint density at radius 1 is 1.41 bits per heavy atom. The third-order valence-corrected chi connectivity index (χ3v) is 4.36. The number of ether oxygens (including phenoxy) is 1. The molecule has 22 heavy (non-hydrogen) atoms. The molecule has 3 N–H and O–H groups in total. The monoisotopic (exact) mass is 317 g/mol. The van der Waals surface area contributed by atoms with Crippen molar-refractivity contribution in [3.8, 4) is 5.75 Å². The average molecular weight is 317 g/mol. The number of hydrogen-bond acceptors (Lipinski definition) is 5. The Balaban J connectivity index is 1.66. The lowest BCUT2D eigenvalue weighted by atomic mass is 10.3. The molecule has 1 aromatic carbocycles. The summed E-state index contributed by atoms with van der Waals surface area (Å²) >= 11 is 1.46. The summed E-state index contributed by atoms with van der Waals surface area (Å²) in [5.41, 5.74) is 6.61. The fourth-order valence-electron chi connectivity index (χ4n) is 2.03. The first-order valence-corrected chi connectivity index (χ1v) is 8.32. The van der Waals surface area contributed by atoms with Gasteiger partial charge in [-0.3, -0.25) is 4.79 Å². The fraction of sp³-hybridized carbons (Fsp3) is 0.375. The fourth-order valence-corrected chi connectivity index (χ4v) is 2.82. The molecule has 2 aromatic rings. The van der Waals surface area contributed by atoms with Crippen molar-refractivity contribution in [1.82, 2.24) is 4.98 Å². The van der Waals surface area contributed by atoms with E-state index in [0.717, 1.165) is 5.01 Å². The number of hydrogen-bond donors (Lipinski definition) is 2. The number of thiazole rings is 1. The first kappa shape index (κ1) is 15.0. The normalized spacial score (nSPS) is 13.9. The van der Waals surface area contributed by atoms with Crippen molar-refractivity contribution in [1.29, 1.82) is 0 Å². The van der Waals surface area contributed by atoms with Gasteiger partial charge >= 0.3 is 0 Å². The van der Waals surface area contributed by atoms with Gasteiger partial charge in [-0.25, -0.2) is 4.98 Å². The Morgan fingerprint density at radius 2 is 2.23 bits per heavy atom. The van der Waals surface area contributed by atoms with Gasteiger partial charge in [-0.15, -0.1) is 11.3 Å². The van der Waals surface area contributed by atoms with Crippen LogP contribution in [0.1, 0.15) is 28.3 Å². The summed E-state index contributed by atoms with van der Waals surface area (Å²) in [6, 6.07) is 7.49. The summed E-state index contributed by atoms with van der Waals surface area (Å²) in [5.74, 6) is 1.16. The van der Waals surface area contributed by atoms with Gasteiger partial charge in [0.25, 0.3) is 5.91 Å². The van der Waals surface area contributed by atoms with Crippen molar-refractivity contribution in [2.24, 2.45) is 11.7 Å². The molecule has 0 unspecified atom stereocenters. The number of aromatic nitrogens is 1. The maximum Gasteiger partial charge on any atom is 0.275 e. The first-order valence-electron chi connectivity index (χ1n) is 7.44. The molecule has 1 heterocycles. The number of carbonyl (C=O) groups excluding carboxylic acids is 1. The van der Waals surface area contributed by atoms with Crippen LogP contribution in [0, 0.1) is 5.92 Å². The van der Waals surface area contributed by atoms with Gasteiger partial charge in [-0.05, 0) is 37.4 Å². The van der Waals surface area contributed by atoms with Crippen molar-refractivity contribution >= 4 is 22.9 Å². The predicted octanol–water partition coefficient (Wildman–Crippen LogP) is 2.69. The van der Waals surface area contributed by atoms with Gasteiger partial charge in [0.15, 0.2) is 0 Å². The minimum atomic E-state index is -0.220. The van der Waals surface area contributed by atoms with Crippen LogP contribution < -0.4 is 15.8 Å². The molecule has 1 fully saturated rings. The van der Waals surface area contributed by atoms with Crippen LogP contribution in [0.5, 0.6) is 5.75 Å². The third kappa shape index (κ3) is 3.84. The van der Waals surface area contributed by atoms with E-state index in [-0.39, 0.29) is 5.91 Å². The van der Waals surface area contributed by atoms with Gasteiger partial charge in [0, 0.05) is 11.8 Å². The quantitative estimate of drug-likeness (QED) is 0.823. The zero-order valence-corrected chi connectivity index (χ0v) is 13.1. The molecule has 1 saturated carbocycles. The van der Waals surface area contributed by atoms with Crippen LogP contribution in [0.15, 0.2) is 29.6 Å². The predicted molar refractivity (Wildman–Crippen MR) is 87.5 cm³/mol. The lowest BCUT2D eigenvalue weighted by Crippen LogP contribution is -2.14. The number of rotatable bonds is 7. The molecule has 0 spiro atoms. The Hall–Kier alpha value is -1.92. The highest BCUT2D eigenvalue weighted by Crippen LogP contribution is 2.31. The number of nitrogens with two attached hydrogens (primary N) is 1. The van der Waals surface area contributed by atoms with Crippen molar-refractivity contribution in [2.45, 2.75) is 19.3 Å². The minimum Gasteiger partial charge on any atom is -0.491 e. The topological polar surface area (TPSA) is 77.2 Å². The van der Waals surface area contributed by atoms with E-state index in [1.165, 1.54) is 24.2 Å². The lowest BCUT2D eigenvalue weighted by Gasteiger charge is -2.11. The SMILES string of the molecule is NCCc1nc(C(=O)Nc2ccccc2OCC2CC2)cs1. The number of nitrogens with one attached hydrogen (secondary N) is 1.